The Morgan fingerprint density at radius 2 is 2.13 bits per heavy atom. The minimum absolute atomic E-state index is 0.201. The highest BCUT2D eigenvalue weighted by Crippen LogP contribution is 2.27. The van der Waals surface area contributed by atoms with Gasteiger partial charge in [0.2, 0.25) is 0 Å². The Morgan fingerprint density at radius 1 is 1.33 bits per heavy atom. The number of benzene rings is 1. The van der Waals surface area contributed by atoms with Crippen LogP contribution in [0.5, 0.6) is 5.75 Å². The van der Waals surface area contributed by atoms with Gasteiger partial charge >= 0.3 is 0 Å². The van der Waals surface area contributed by atoms with E-state index in [9.17, 15) is 0 Å². The third-order valence-electron chi connectivity index (χ3n) is 2.96. The SMILES string of the molecule is Cc1c(N)ccc(OC2CCOC2)c1C. The number of rotatable bonds is 2. The number of ether oxygens (including phenoxy) is 2. The molecule has 15 heavy (non-hydrogen) atoms. The molecule has 0 amide bonds. The summed E-state index contributed by atoms with van der Waals surface area (Å²) in [5, 5.41) is 0. The highest BCUT2D eigenvalue weighted by Gasteiger charge is 2.18. The fourth-order valence-corrected chi connectivity index (χ4v) is 1.73. The lowest BCUT2D eigenvalue weighted by atomic mass is 10.1. The van der Waals surface area contributed by atoms with E-state index in [0.29, 0.717) is 6.61 Å². The van der Waals surface area contributed by atoms with Gasteiger partial charge in [-0.25, -0.2) is 0 Å². The summed E-state index contributed by atoms with van der Waals surface area (Å²) in [4.78, 5) is 0. The Hall–Kier alpha value is -1.22. The van der Waals surface area contributed by atoms with Crippen molar-refractivity contribution in [3.8, 4) is 5.75 Å². The second kappa shape index (κ2) is 4.11. The lowest BCUT2D eigenvalue weighted by Gasteiger charge is -2.16. The summed E-state index contributed by atoms with van der Waals surface area (Å²) < 4.78 is 11.1. The molecule has 3 heteroatoms. The van der Waals surface area contributed by atoms with Gasteiger partial charge in [-0.05, 0) is 37.1 Å². The monoisotopic (exact) mass is 207 g/mol. The highest BCUT2D eigenvalue weighted by atomic mass is 16.5. The van der Waals surface area contributed by atoms with Crippen LogP contribution in [0.1, 0.15) is 17.5 Å². The summed E-state index contributed by atoms with van der Waals surface area (Å²) >= 11 is 0. The summed E-state index contributed by atoms with van der Waals surface area (Å²) in [7, 11) is 0. The first kappa shape index (κ1) is 10.3. The smallest absolute Gasteiger partial charge is 0.124 e. The fourth-order valence-electron chi connectivity index (χ4n) is 1.73. The molecule has 1 aromatic rings. The van der Waals surface area contributed by atoms with Crippen molar-refractivity contribution >= 4 is 5.69 Å². The third kappa shape index (κ3) is 2.07. The Labute approximate surface area is 90.2 Å². The van der Waals surface area contributed by atoms with Crippen molar-refractivity contribution in [1.82, 2.24) is 0 Å². The van der Waals surface area contributed by atoms with E-state index in [1.54, 1.807) is 0 Å². The number of nitrogen functional groups attached to an aromatic ring is 1. The average molecular weight is 207 g/mol. The number of hydrogen-bond donors (Lipinski definition) is 1. The molecule has 1 aliphatic rings. The van der Waals surface area contributed by atoms with Crippen LogP contribution in [0.25, 0.3) is 0 Å². The van der Waals surface area contributed by atoms with Crippen LogP contribution >= 0.6 is 0 Å². The number of hydrogen-bond acceptors (Lipinski definition) is 3. The number of nitrogens with two attached hydrogens (primary N) is 1. The van der Waals surface area contributed by atoms with E-state index in [-0.39, 0.29) is 6.10 Å². The zero-order chi connectivity index (χ0) is 10.8. The summed E-state index contributed by atoms with van der Waals surface area (Å²) in [6.07, 6.45) is 1.18. The molecule has 0 saturated carbocycles. The first-order valence-corrected chi connectivity index (χ1v) is 5.28. The molecular formula is C12H17NO2. The van der Waals surface area contributed by atoms with Crippen LogP contribution < -0.4 is 10.5 Å². The van der Waals surface area contributed by atoms with E-state index in [1.807, 2.05) is 26.0 Å². The minimum Gasteiger partial charge on any atom is -0.488 e. The van der Waals surface area contributed by atoms with Crippen LogP contribution in [0.3, 0.4) is 0 Å². The maximum atomic E-state index is 5.86. The van der Waals surface area contributed by atoms with Gasteiger partial charge in [-0.3, -0.25) is 0 Å². The van der Waals surface area contributed by atoms with E-state index >= 15 is 0 Å². The Bertz CT molecular complexity index is 357. The van der Waals surface area contributed by atoms with Crippen molar-refractivity contribution in [2.45, 2.75) is 26.4 Å². The van der Waals surface area contributed by atoms with Gasteiger partial charge in [0.05, 0.1) is 13.2 Å². The van der Waals surface area contributed by atoms with Crippen LogP contribution in [0.15, 0.2) is 12.1 Å². The predicted molar refractivity (Wildman–Crippen MR) is 60.2 cm³/mol. The highest BCUT2D eigenvalue weighted by molar-refractivity contribution is 5.55. The molecule has 1 fully saturated rings. The molecule has 0 aliphatic carbocycles. The van der Waals surface area contributed by atoms with Gasteiger partial charge in [0.25, 0.3) is 0 Å². The summed E-state index contributed by atoms with van der Waals surface area (Å²) in [6.45, 7) is 5.56. The second-order valence-corrected chi connectivity index (χ2v) is 4.01. The van der Waals surface area contributed by atoms with E-state index in [2.05, 4.69) is 0 Å². The molecular weight excluding hydrogens is 190 g/mol. The van der Waals surface area contributed by atoms with E-state index < -0.39 is 0 Å². The number of anilines is 1. The molecule has 1 aliphatic heterocycles. The lowest BCUT2D eigenvalue weighted by molar-refractivity contribution is 0.141. The molecule has 0 radical (unpaired) electrons. The molecule has 2 rings (SSSR count). The van der Waals surface area contributed by atoms with Gasteiger partial charge in [-0.2, -0.15) is 0 Å². The molecule has 0 spiro atoms. The normalized spacial score (nSPS) is 20.5. The van der Waals surface area contributed by atoms with Crippen LogP contribution in [0.4, 0.5) is 5.69 Å². The fraction of sp³-hybridized carbons (Fsp3) is 0.500. The van der Waals surface area contributed by atoms with Crippen LogP contribution in [-0.4, -0.2) is 19.3 Å². The van der Waals surface area contributed by atoms with E-state index in [0.717, 1.165) is 35.6 Å². The first-order valence-electron chi connectivity index (χ1n) is 5.28. The van der Waals surface area contributed by atoms with Gasteiger partial charge in [-0.1, -0.05) is 0 Å². The molecule has 1 atom stereocenters. The molecule has 1 heterocycles. The minimum atomic E-state index is 0.201. The van der Waals surface area contributed by atoms with E-state index in [1.165, 1.54) is 0 Å². The largest absolute Gasteiger partial charge is 0.488 e. The van der Waals surface area contributed by atoms with Gasteiger partial charge in [-0.15, -0.1) is 0 Å². The zero-order valence-electron chi connectivity index (χ0n) is 9.25. The summed E-state index contributed by atoms with van der Waals surface area (Å²) in [5.41, 5.74) is 8.87. The van der Waals surface area contributed by atoms with Crippen LogP contribution in [0.2, 0.25) is 0 Å². The second-order valence-electron chi connectivity index (χ2n) is 4.01. The van der Waals surface area contributed by atoms with Gasteiger partial charge in [0.1, 0.15) is 11.9 Å². The van der Waals surface area contributed by atoms with Crippen LogP contribution in [-0.2, 0) is 4.74 Å². The maximum Gasteiger partial charge on any atom is 0.124 e. The molecule has 82 valence electrons. The van der Waals surface area contributed by atoms with Crippen molar-refractivity contribution in [2.75, 3.05) is 18.9 Å². The molecule has 0 bridgehead atoms. The topological polar surface area (TPSA) is 44.5 Å². The first-order chi connectivity index (χ1) is 7.18. The van der Waals surface area contributed by atoms with Gasteiger partial charge < -0.3 is 15.2 Å². The van der Waals surface area contributed by atoms with Crippen LogP contribution in [0, 0.1) is 13.8 Å². The quantitative estimate of drug-likeness (QED) is 0.755. The van der Waals surface area contributed by atoms with E-state index in [4.69, 9.17) is 15.2 Å². The molecule has 3 nitrogen and oxygen atoms in total. The molecule has 1 unspecified atom stereocenters. The third-order valence-corrected chi connectivity index (χ3v) is 2.96. The van der Waals surface area contributed by atoms with Gasteiger partial charge in [0, 0.05) is 12.1 Å². The van der Waals surface area contributed by atoms with Gasteiger partial charge in [0.15, 0.2) is 0 Å². The lowest BCUT2D eigenvalue weighted by Crippen LogP contribution is -2.16. The Morgan fingerprint density at radius 3 is 2.80 bits per heavy atom. The average Bonchev–Trinajstić information content (AvgIpc) is 2.72. The standard InChI is InChI=1S/C12H17NO2/c1-8-9(2)12(4-3-11(8)13)15-10-5-6-14-7-10/h3-4,10H,5-7,13H2,1-2H3. The summed E-state index contributed by atoms with van der Waals surface area (Å²) in [5.74, 6) is 0.928. The van der Waals surface area contributed by atoms with Crippen molar-refractivity contribution < 1.29 is 9.47 Å². The predicted octanol–water partition coefficient (Wildman–Crippen LogP) is 2.05. The Kier molecular flexibility index (Phi) is 2.82. The van der Waals surface area contributed by atoms with Crippen molar-refractivity contribution in [2.24, 2.45) is 0 Å². The Balaban J connectivity index is 2.17. The zero-order valence-corrected chi connectivity index (χ0v) is 9.25. The summed E-state index contributed by atoms with van der Waals surface area (Å²) in [6, 6.07) is 3.84. The maximum absolute atomic E-state index is 5.86. The molecule has 1 aromatic carbocycles. The van der Waals surface area contributed by atoms with Crippen molar-refractivity contribution in [3.63, 3.8) is 0 Å². The molecule has 0 aromatic heterocycles. The molecule has 2 N–H and O–H groups in total. The van der Waals surface area contributed by atoms with Crippen molar-refractivity contribution in [1.29, 1.82) is 0 Å². The van der Waals surface area contributed by atoms with Crippen molar-refractivity contribution in [3.05, 3.63) is 23.3 Å². The molecule has 1 saturated heterocycles.